The van der Waals surface area contributed by atoms with Gasteiger partial charge in [0, 0.05) is 12.6 Å². The van der Waals surface area contributed by atoms with Crippen LogP contribution in [0.1, 0.15) is 38.7 Å². The van der Waals surface area contributed by atoms with Crippen molar-refractivity contribution in [2.45, 2.75) is 51.2 Å². The molecular weight excluding hydrogens is 260 g/mol. The third-order valence-electron chi connectivity index (χ3n) is 4.81. The summed E-state index contributed by atoms with van der Waals surface area (Å²) >= 11 is 0. The number of nitrogens with zero attached hydrogens (tertiary/aromatic N) is 1. The first-order valence-corrected chi connectivity index (χ1v) is 8.20. The highest BCUT2D eigenvalue weighted by Crippen LogP contribution is 2.25. The van der Waals surface area contributed by atoms with Crippen molar-refractivity contribution in [3.63, 3.8) is 0 Å². The van der Waals surface area contributed by atoms with Crippen molar-refractivity contribution in [1.29, 1.82) is 0 Å². The number of aliphatic hydroxyl groups is 1. The van der Waals surface area contributed by atoms with Gasteiger partial charge < -0.3 is 15.7 Å². The Morgan fingerprint density at radius 1 is 1.29 bits per heavy atom. The molecule has 3 heteroatoms. The maximum atomic E-state index is 10.1. The molecule has 1 heterocycles. The Morgan fingerprint density at radius 2 is 1.90 bits per heavy atom. The third kappa shape index (κ3) is 5.10. The average Bonchev–Trinajstić information content (AvgIpc) is 2.48. The summed E-state index contributed by atoms with van der Waals surface area (Å²) in [6.45, 7) is 6.66. The highest BCUT2D eigenvalue weighted by Gasteiger charge is 2.28. The Morgan fingerprint density at radius 3 is 2.48 bits per heavy atom. The molecule has 3 nitrogen and oxygen atoms in total. The minimum Gasteiger partial charge on any atom is -0.389 e. The molecule has 0 saturated carbocycles. The standard InChI is InChI=1S/C18H30N2O/c1-15(13-18(2,21)14-19)20-10-8-17(9-11-20)12-16-6-4-3-5-7-16/h3-7,15,17,21H,8-14,19H2,1-2H3. The van der Waals surface area contributed by atoms with Gasteiger partial charge in [-0.25, -0.2) is 0 Å². The van der Waals surface area contributed by atoms with E-state index in [1.54, 1.807) is 0 Å². The van der Waals surface area contributed by atoms with E-state index < -0.39 is 5.60 Å². The highest BCUT2D eigenvalue weighted by molar-refractivity contribution is 5.15. The SMILES string of the molecule is CC(CC(C)(O)CN)N1CCC(Cc2ccccc2)CC1. The van der Waals surface area contributed by atoms with Crippen LogP contribution in [0.4, 0.5) is 0 Å². The maximum Gasteiger partial charge on any atom is 0.0756 e. The smallest absolute Gasteiger partial charge is 0.0756 e. The van der Waals surface area contributed by atoms with Gasteiger partial charge in [-0.2, -0.15) is 0 Å². The second kappa shape index (κ2) is 7.39. The Bertz CT molecular complexity index is 410. The molecule has 2 unspecified atom stereocenters. The van der Waals surface area contributed by atoms with Crippen LogP contribution in [-0.2, 0) is 6.42 Å². The van der Waals surface area contributed by atoms with Crippen molar-refractivity contribution in [2.75, 3.05) is 19.6 Å². The molecule has 1 aromatic rings. The minimum absolute atomic E-state index is 0.335. The summed E-state index contributed by atoms with van der Waals surface area (Å²) in [6, 6.07) is 11.2. The first-order valence-electron chi connectivity index (χ1n) is 8.20. The first kappa shape index (κ1) is 16.5. The summed E-state index contributed by atoms with van der Waals surface area (Å²) in [4.78, 5) is 2.51. The molecule has 1 aliphatic rings. The van der Waals surface area contributed by atoms with E-state index in [4.69, 9.17) is 5.73 Å². The normalized spacial score (nSPS) is 21.9. The van der Waals surface area contributed by atoms with E-state index in [9.17, 15) is 5.11 Å². The molecule has 1 aliphatic heterocycles. The van der Waals surface area contributed by atoms with E-state index >= 15 is 0 Å². The van der Waals surface area contributed by atoms with Gasteiger partial charge in [-0.15, -0.1) is 0 Å². The largest absolute Gasteiger partial charge is 0.389 e. The van der Waals surface area contributed by atoms with E-state index in [-0.39, 0.29) is 0 Å². The monoisotopic (exact) mass is 290 g/mol. The molecule has 0 bridgehead atoms. The van der Waals surface area contributed by atoms with Gasteiger partial charge >= 0.3 is 0 Å². The molecule has 0 aliphatic carbocycles. The molecule has 0 radical (unpaired) electrons. The molecule has 1 fully saturated rings. The summed E-state index contributed by atoms with van der Waals surface area (Å²) in [6.07, 6.45) is 4.46. The maximum absolute atomic E-state index is 10.1. The summed E-state index contributed by atoms with van der Waals surface area (Å²) in [5.74, 6) is 0.797. The van der Waals surface area contributed by atoms with Crippen LogP contribution in [0.3, 0.4) is 0 Å². The fraction of sp³-hybridized carbons (Fsp3) is 0.667. The van der Waals surface area contributed by atoms with Crippen LogP contribution in [0.5, 0.6) is 0 Å². The number of likely N-dealkylation sites (tertiary alicyclic amines) is 1. The zero-order chi connectivity index (χ0) is 15.3. The Balaban J connectivity index is 1.78. The Labute approximate surface area is 129 Å². The van der Waals surface area contributed by atoms with Gasteiger partial charge in [0.15, 0.2) is 0 Å². The topological polar surface area (TPSA) is 49.5 Å². The average molecular weight is 290 g/mol. The molecule has 118 valence electrons. The number of piperidine rings is 1. The first-order chi connectivity index (χ1) is 10.00. The van der Waals surface area contributed by atoms with Crippen LogP contribution in [0.25, 0.3) is 0 Å². The lowest BCUT2D eigenvalue weighted by Gasteiger charge is -2.38. The van der Waals surface area contributed by atoms with E-state index in [1.807, 2.05) is 6.92 Å². The van der Waals surface area contributed by atoms with Gasteiger partial charge in [0.25, 0.3) is 0 Å². The van der Waals surface area contributed by atoms with Crippen LogP contribution in [0.15, 0.2) is 30.3 Å². The molecule has 1 aromatic carbocycles. The summed E-state index contributed by atoms with van der Waals surface area (Å²) in [7, 11) is 0. The van der Waals surface area contributed by atoms with Crippen molar-refractivity contribution in [3.8, 4) is 0 Å². The summed E-state index contributed by atoms with van der Waals surface area (Å²) < 4.78 is 0. The summed E-state index contributed by atoms with van der Waals surface area (Å²) in [5.41, 5.74) is 6.34. The van der Waals surface area contributed by atoms with Crippen molar-refractivity contribution in [3.05, 3.63) is 35.9 Å². The molecule has 2 rings (SSSR count). The molecule has 21 heavy (non-hydrogen) atoms. The van der Waals surface area contributed by atoms with Crippen LogP contribution < -0.4 is 5.73 Å². The second-order valence-electron chi connectivity index (χ2n) is 6.92. The minimum atomic E-state index is -0.736. The van der Waals surface area contributed by atoms with E-state index in [0.29, 0.717) is 12.6 Å². The summed E-state index contributed by atoms with van der Waals surface area (Å²) in [5, 5.41) is 10.1. The quantitative estimate of drug-likeness (QED) is 0.846. The molecule has 0 aromatic heterocycles. The van der Waals surface area contributed by atoms with Crippen molar-refractivity contribution in [2.24, 2.45) is 11.7 Å². The van der Waals surface area contributed by atoms with E-state index in [0.717, 1.165) is 25.4 Å². The zero-order valence-corrected chi connectivity index (χ0v) is 13.5. The number of rotatable bonds is 6. The predicted octanol–water partition coefficient (Wildman–Crippen LogP) is 2.43. The number of nitrogens with two attached hydrogens (primary N) is 1. The molecule has 2 atom stereocenters. The van der Waals surface area contributed by atoms with Gasteiger partial charge in [0.2, 0.25) is 0 Å². The van der Waals surface area contributed by atoms with Crippen LogP contribution in [-0.4, -0.2) is 41.3 Å². The van der Waals surface area contributed by atoms with E-state index in [2.05, 4.69) is 42.2 Å². The van der Waals surface area contributed by atoms with Crippen molar-refractivity contribution in [1.82, 2.24) is 4.90 Å². The van der Waals surface area contributed by atoms with Gasteiger partial charge in [-0.3, -0.25) is 0 Å². The fourth-order valence-electron chi connectivity index (χ4n) is 3.39. The van der Waals surface area contributed by atoms with Crippen LogP contribution in [0.2, 0.25) is 0 Å². The zero-order valence-electron chi connectivity index (χ0n) is 13.5. The number of hydrogen-bond acceptors (Lipinski definition) is 3. The van der Waals surface area contributed by atoms with Gasteiger partial charge in [0.05, 0.1) is 5.60 Å². The predicted molar refractivity (Wildman–Crippen MR) is 88.2 cm³/mol. The fourth-order valence-corrected chi connectivity index (χ4v) is 3.39. The van der Waals surface area contributed by atoms with Crippen molar-refractivity contribution < 1.29 is 5.11 Å². The third-order valence-corrected chi connectivity index (χ3v) is 4.81. The van der Waals surface area contributed by atoms with Crippen LogP contribution >= 0.6 is 0 Å². The number of benzene rings is 1. The Kier molecular flexibility index (Phi) is 5.80. The molecular formula is C18H30N2O. The van der Waals surface area contributed by atoms with Crippen molar-refractivity contribution >= 4 is 0 Å². The lowest BCUT2D eigenvalue weighted by Crippen LogP contribution is -2.46. The molecule has 0 amide bonds. The number of hydrogen-bond donors (Lipinski definition) is 2. The lowest BCUT2D eigenvalue weighted by atomic mass is 9.88. The second-order valence-corrected chi connectivity index (χ2v) is 6.92. The van der Waals surface area contributed by atoms with Crippen LogP contribution in [0, 0.1) is 5.92 Å². The Hall–Kier alpha value is -0.900. The van der Waals surface area contributed by atoms with E-state index in [1.165, 1.54) is 24.8 Å². The van der Waals surface area contributed by atoms with Gasteiger partial charge in [0.1, 0.15) is 0 Å². The highest BCUT2D eigenvalue weighted by atomic mass is 16.3. The van der Waals surface area contributed by atoms with Gasteiger partial charge in [-0.1, -0.05) is 30.3 Å². The molecule has 0 spiro atoms. The molecule has 3 N–H and O–H groups in total. The van der Waals surface area contributed by atoms with Gasteiger partial charge in [-0.05, 0) is 64.1 Å². The molecule has 1 saturated heterocycles. The lowest BCUT2D eigenvalue weighted by molar-refractivity contribution is 0.0210.